The smallest absolute Gasteiger partial charge is 0.341 e. The molecule has 0 aliphatic carbocycles. The van der Waals surface area contributed by atoms with E-state index in [0.29, 0.717) is 10.6 Å². The molecule has 0 saturated heterocycles. The van der Waals surface area contributed by atoms with Crippen LogP contribution >= 0.6 is 11.3 Å². The Hall–Kier alpha value is -2.15. The minimum Gasteiger partial charge on any atom is -0.462 e. The minimum atomic E-state index is -0.718. The van der Waals surface area contributed by atoms with Gasteiger partial charge in [-0.25, -0.2) is 4.79 Å². The maximum absolute atomic E-state index is 11.9. The summed E-state index contributed by atoms with van der Waals surface area (Å²) in [5, 5.41) is 2.95. The standard InChI is InChI=1S/C13H16N2O4S/c1-4-19-13(18)11-7(2)8(3)20-12(11)15-10(17)6-5-9(14)16/h5-6H,4H2,1-3H3,(H2,14,16)(H,15,17). The highest BCUT2D eigenvalue weighted by molar-refractivity contribution is 7.16. The van der Waals surface area contributed by atoms with Crippen molar-refractivity contribution >= 4 is 34.1 Å². The van der Waals surface area contributed by atoms with Gasteiger partial charge in [0.2, 0.25) is 11.8 Å². The van der Waals surface area contributed by atoms with Gasteiger partial charge in [0.15, 0.2) is 0 Å². The molecule has 0 atom stereocenters. The molecule has 6 nitrogen and oxygen atoms in total. The number of esters is 1. The molecule has 2 amide bonds. The summed E-state index contributed by atoms with van der Waals surface area (Å²) in [7, 11) is 0. The van der Waals surface area contributed by atoms with E-state index in [1.54, 1.807) is 13.8 Å². The fourth-order valence-electron chi connectivity index (χ4n) is 1.48. The summed E-state index contributed by atoms with van der Waals surface area (Å²) in [6.45, 7) is 5.59. The largest absolute Gasteiger partial charge is 0.462 e. The molecule has 108 valence electrons. The summed E-state index contributed by atoms with van der Waals surface area (Å²) in [6.07, 6.45) is 1.97. The number of primary amides is 1. The van der Waals surface area contributed by atoms with Crippen LogP contribution in [0.2, 0.25) is 0 Å². The number of thiophene rings is 1. The van der Waals surface area contributed by atoms with Crippen molar-refractivity contribution in [2.75, 3.05) is 11.9 Å². The number of rotatable bonds is 5. The maximum atomic E-state index is 11.9. The highest BCUT2D eigenvalue weighted by Crippen LogP contribution is 2.32. The van der Waals surface area contributed by atoms with E-state index in [2.05, 4.69) is 5.32 Å². The number of ether oxygens (including phenoxy) is 1. The Balaban J connectivity index is 3.01. The summed E-state index contributed by atoms with van der Waals surface area (Å²) in [5.41, 5.74) is 6.01. The van der Waals surface area contributed by atoms with E-state index in [1.165, 1.54) is 11.3 Å². The Labute approximate surface area is 120 Å². The third kappa shape index (κ3) is 3.92. The van der Waals surface area contributed by atoms with Crippen LogP contribution in [0.1, 0.15) is 27.7 Å². The highest BCUT2D eigenvalue weighted by atomic mass is 32.1. The first kappa shape index (κ1) is 15.9. The van der Waals surface area contributed by atoms with Crippen molar-refractivity contribution in [2.45, 2.75) is 20.8 Å². The monoisotopic (exact) mass is 296 g/mol. The first-order valence-corrected chi connectivity index (χ1v) is 6.74. The maximum Gasteiger partial charge on any atom is 0.341 e. The molecular weight excluding hydrogens is 280 g/mol. The van der Waals surface area contributed by atoms with Crippen molar-refractivity contribution < 1.29 is 19.1 Å². The summed E-state index contributed by atoms with van der Waals surface area (Å²) < 4.78 is 4.97. The van der Waals surface area contributed by atoms with E-state index in [-0.39, 0.29) is 6.61 Å². The molecular formula is C13H16N2O4S. The first-order valence-electron chi connectivity index (χ1n) is 5.92. The Morgan fingerprint density at radius 1 is 1.30 bits per heavy atom. The Kier molecular flexibility index (Phi) is 5.45. The zero-order chi connectivity index (χ0) is 15.3. The normalized spacial score (nSPS) is 10.6. The van der Waals surface area contributed by atoms with Crippen molar-refractivity contribution in [3.8, 4) is 0 Å². The van der Waals surface area contributed by atoms with Gasteiger partial charge in [-0.15, -0.1) is 11.3 Å². The van der Waals surface area contributed by atoms with E-state index in [0.717, 1.165) is 22.6 Å². The van der Waals surface area contributed by atoms with Crippen molar-refractivity contribution in [1.29, 1.82) is 0 Å². The van der Waals surface area contributed by atoms with Gasteiger partial charge >= 0.3 is 5.97 Å². The fraction of sp³-hybridized carbons (Fsp3) is 0.308. The molecule has 0 aliphatic heterocycles. The quantitative estimate of drug-likeness (QED) is 0.635. The van der Waals surface area contributed by atoms with Gasteiger partial charge in [-0.1, -0.05) is 0 Å². The van der Waals surface area contributed by atoms with Crippen LogP contribution in [-0.4, -0.2) is 24.4 Å². The van der Waals surface area contributed by atoms with E-state index >= 15 is 0 Å². The summed E-state index contributed by atoms with van der Waals surface area (Å²) in [4.78, 5) is 35.0. The number of nitrogens with one attached hydrogen (secondary N) is 1. The molecule has 1 heterocycles. The van der Waals surface area contributed by atoms with E-state index in [1.807, 2.05) is 6.92 Å². The van der Waals surface area contributed by atoms with E-state index < -0.39 is 17.8 Å². The zero-order valence-electron chi connectivity index (χ0n) is 11.5. The fourth-order valence-corrected chi connectivity index (χ4v) is 2.53. The number of nitrogens with two attached hydrogens (primary N) is 1. The minimum absolute atomic E-state index is 0.252. The lowest BCUT2D eigenvalue weighted by molar-refractivity contribution is -0.115. The topological polar surface area (TPSA) is 98.5 Å². The van der Waals surface area contributed by atoms with Gasteiger partial charge in [-0.2, -0.15) is 0 Å². The Bertz CT molecular complexity index is 575. The van der Waals surface area contributed by atoms with Crippen LogP contribution in [-0.2, 0) is 14.3 Å². The summed E-state index contributed by atoms with van der Waals surface area (Å²) in [6, 6.07) is 0. The molecule has 0 saturated carbocycles. The number of amides is 2. The molecule has 0 spiro atoms. The molecule has 0 fully saturated rings. The van der Waals surface area contributed by atoms with Gasteiger partial charge in [0.05, 0.1) is 12.2 Å². The second kappa shape index (κ2) is 6.85. The van der Waals surface area contributed by atoms with Crippen LogP contribution in [0.3, 0.4) is 0 Å². The van der Waals surface area contributed by atoms with E-state index in [4.69, 9.17) is 10.5 Å². The highest BCUT2D eigenvalue weighted by Gasteiger charge is 2.21. The number of hydrogen-bond acceptors (Lipinski definition) is 5. The van der Waals surface area contributed by atoms with Crippen LogP contribution in [0.25, 0.3) is 0 Å². The third-order valence-electron chi connectivity index (χ3n) is 2.50. The Morgan fingerprint density at radius 2 is 1.95 bits per heavy atom. The second-order valence-corrected chi connectivity index (χ2v) is 5.16. The average Bonchev–Trinajstić information content (AvgIpc) is 2.62. The second-order valence-electron chi connectivity index (χ2n) is 3.93. The lowest BCUT2D eigenvalue weighted by Crippen LogP contribution is -2.14. The van der Waals surface area contributed by atoms with Crippen LogP contribution in [0.4, 0.5) is 5.00 Å². The van der Waals surface area contributed by atoms with Gasteiger partial charge in [0.25, 0.3) is 0 Å². The predicted molar refractivity (Wildman–Crippen MR) is 76.7 cm³/mol. The number of anilines is 1. The Morgan fingerprint density at radius 3 is 2.50 bits per heavy atom. The molecule has 0 aliphatic rings. The van der Waals surface area contributed by atoms with Crippen LogP contribution in [0, 0.1) is 13.8 Å². The van der Waals surface area contributed by atoms with Gasteiger partial charge in [0, 0.05) is 17.0 Å². The van der Waals surface area contributed by atoms with E-state index in [9.17, 15) is 14.4 Å². The molecule has 1 aromatic rings. The average molecular weight is 296 g/mol. The number of hydrogen-bond donors (Lipinski definition) is 2. The van der Waals surface area contributed by atoms with Gasteiger partial charge in [-0.05, 0) is 26.3 Å². The number of aryl methyl sites for hydroxylation is 1. The predicted octanol–water partition coefficient (Wildman–Crippen LogP) is 1.52. The SMILES string of the molecule is CCOC(=O)c1c(NC(=O)C=CC(N)=O)sc(C)c1C. The lowest BCUT2D eigenvalue weighted by atomic mass is 10.1. The summed E-state index contributed by atoms with van der Waals surface area (Å²) >= 11 is 1.27. The number of carbonyl (C=O) groups excluding carboxylic acids is 3. The van der Waals surface area contributed by atoms with Crippen LogP contribution < -0.4 is 11.1 Å². The van der Waals surface area contributed by atoms with Gasteiger partial charge in [0.1, 0.15) is 5.00 Å². The molecule has 1 rings (SSSR count). The van der Waals surface area contributed by atoms with Crippen molar-refractivity contribution in [1.82, 2.24) is 0 Å². The molecule has 0 unspecified atom stereocenters. The van der Waals surface area contributed by atoms with Crippen LogP contribution in [0.15, 0.2) is 12.2 Å². The zero-order valence-corrected chi connectivity index (χ0v) is 12.3. The van der Waals surface area contributed by atoms with Crippen molar-refractivity contribution in [2.24, 2.45) is 5.73 Å². The molecule has 7 heteroatoms. The third-order valence-corrected chi connectivity index (χ3v) is 3.62. The molecule has 20 heavy (non-hydrogen) atoms. The molecule has 3 N–H and O–H groups in total. The molecule has 0 bridgehead atoms. The molecule has 0 radical (unpaired) electrons. The molecule has 0 aromatic carbocycles. The van der Waals surface area contributed by atoms with Gasteiger partial charge in [-0.3, -0.25) is 9.59 Å². The first-order chi connectivity index (χ1) is 9.36. The van der Waals surface area contributed by atoms with Crippen molar-refractivity contribution in [3.63, 3.8) is 0 Å². The van der Waals surface area contributed by atoms with Gasteiger partial charge < -0.3 is 15.8 Å². The molecule has 1 aromatic heterocycles. The lowest BCUT2D eigenvalue weighted by Gasteiger charge is -2.05. The van der Waals surface area contributed by atoms with Crippen LogP contribution in [0.5, 0.6) is 0 Å². The van der Waals surface area contributed by atoms with Crippen molar-refractivity contribution in [3.05, 3.63) is 28.2 Å². The number of carbonyl (C=O) groups is 3. The summed E-state index contributed by atoms with van der Waals surface area (Å²) in [5.74, 6) is -1.73.